The monoisotopic (exact) mass is 387 g/mol. The molecule has 0 saturated carbocycles. The van der Waals surface area contributed by atoms with Crippen LogP contribution in [0.4, 0.5) is 8.78 Å². The Balaban J connectivity index is 2.05. The molecular weight excluding hydrogens is 364 g/mol. The van der Waals surface area contributed by atoms with Crippen LogP contribution in [0.25, 0.3) is 5.57 Å². The maximum absolute atomic E-state index is 14.3. The summed E-state index contributed by atoms with van der Waals surface area (Å²) in [5, 5.41) is 20.3. The number of aliphatic hydroxyl groups excluding tert-OH is 1. The smallest absolute Gasteiger partial charge is 0.253 e. The number of carbonyl (C=O) groups is 1. The molecule has 28 heavy (non-hydrogen) atoms. The highest BCUT2D eigenvalue weighted by atomic mass is 19.1. The minimum absolute atomic E-state index is 0.0205. The van der Waals surface area contributed by atoms with Gasteiger partial charge in [-0.2, -0.15) is 0 Å². The third-order valence-corrected chi connectivity index (χ3v) is 4.86. The molecule has 2 unspecified atom stereocenters. The van der Waals surface area contributed by atoms with Crippen LogP contribution in [0, 0.1) is 17.0 Å². The van der Waals surface area contributed by atoms with Gasteiger partial charge in [0.15, 0.2) is 0 Å². The lowest BCUT2D eigenvalue weighted by atomic mass is 9.88. The molecule has 2 aromatic rings. The number of nitrogens with zero attached hydrogens (tertiary/aromatic N) is 1. The third-order valence-electron chi connectivity index (χ3n) is 4.86. The Bertz CT molecular complexity index is 934. The number of benzene rings is 2. The van der Waals surface area contributed by atoms with Gasteiger partial charge in [-0.15, -0.1) is 0 Å². The number of hydrogen-bond acceptors (Lipinski definition) is 3. The number of aromatic hydroxyl groups is 1. The summed E-state index contributed by atoms with van der Waals surface area (Å²) in [7, 11) is 0. The molecule has 4 nitrogen and oxygen atoms in total. The van der Waals surface area contributed by atoms with Crippen LogP contribution in [0.2, 0.25) is 0 Å². The summed E-state index contributed by atoms with van der Waals surface area (Å²) in [6.07, 6.45) is 0.400. The van der Waals surface area contributed by atoms with Crippen LogP contribution in [-0.4, -0.2) is 33.7 Å². The standard InChI is InChI=1S/C22H23F2NO3/c1-22(2,3)20(27)21(28)25-12-14(17-11-15(23)7-8-18(17)24)10-19(25)13-5-4-6-16(26)9-13/h4-11,19-20,26-27H,12H2,1-3H3. The second-order valence-corrected chi connectivity index (χ2v) is 8.09. The van der Waals surface area contributed by atoms with Crippen LogP contribution in [0.3, 0.4) is 0 Å². The number of phenols is 1. The van der Waals surface area contributed by atoms with Gasteiger partial charge in [0.05, 0.1) is 6.04 Å². The van der Waals surface area contributed by atoms with Gasteiger partial charge in [-0.1, -0.05) is 39.0 Å². The number of phenolic OH excluding ortho intramolecular Hbond substituents is 1. The van der Waals surface area contributed by atoms with Crippen molar-refractivity contribution in [1.82, 2.24) is 4.90 Å². The summed E-state index contributed by atoms with van der Waals surface area (Å²) in [5.74, 6) is -1.65. The van der Waals surface area contributed by atoms with Gasteiger partial charge < -0.3 is 15.1 Å². The van der Waals surface area contributed by atoms with Gasteiger partial charge in [0.25, 0.3) is 5.91 Å². The maximum atomic E-state index is 14.3. The van der Waals surface area contributed by atoms with E-state index in [0.29, 0.717) is 11.1 Å². The number of hydrogen-bond donors (Lipinski definition) is 2. The molecule has 0 fully saturated rings. The van der Waals surface area contributed by atoms with Crippen LogP contribution in [0.1, 0.15) is 37.9 Å². The van der Waals surface area contributed by atoms with Gasteiger partial charge in [0.1, 0.15) is 23.5 Å². The topological polar surface area (TPSA) is 60.8 Å². The molecule has 2 atom stereocenters. The van der Waals surface area contributed by atoms with Crippen LogP contribution < -0.4 is 0 Å². The third kappa shape index (κ3) is 3.92. The van der Waals surface area contributed by atoms with Crippen LogP contribution in [0.5, 0.6) is 5.75 Å². The molecule has 0 spiro atoms. The van der Waals surface area contributed by atoms with Crippen LogP contribution >= 0.6 is 0 Å². The highest BCUT2D eigenvalue weighted by molar-refractivity contribution is 5.86. The lowest BCUT2D eigenvalue weighted by Crippen LogP contribution is -2.45. The Morgan fingerprint density at radius 3 is 2.54 bits per heavy atom. The Morgan fingerprint density at radius 1 is 1.18 bits per heavy atom. The molecule has 1 amide bonds. The quantitative estimate of drug-likeness (QED) is 0.836. The van der Waals surface area contributed by atoms with Crippen molar-refractivity contribution in [2.45, 2.75) is 32.9 Å². The fourth-order valence-electron chi connectivity index (χ4n) is 3.26. The highest BCUT2D eigenvalue weighted by Gasteiger charge is 2.38. The van der Waals surface area contributed by atoms with E-state index in [9.17, 15) is 23.8 Å². The van der Waals surface area contributed by atoms with Gasteiger partial charge in [0.2, 0.25) is 0 Å². The second kappa shape index (κ2) is 7.36. The van der Waals surface area contributed by atoms with E-state index in [1.165, 1.54) is 17.0 Å². The molecule has 1 heterocycles. The molecule has 6 heteroatoms. The Kier molecular flexibility index (Phi) is 5.26. The van der Waals surface area contributed by atoms with Crippen molar-refractivity contribution in [2.75, 3.05) is 6.54 Å². The Labute approximate surface area is 162 Å². The zero-order chi connectivity index (χ0) is 20.6. The predicted molar refractivity (Wildman–Crippen MR) is 102 cm³/mol. The Hall–Kier alpha value is -2.73. The summed E-state index contributed by atoms with van der Waals surface area (Å²) < 4.78 is 28.0. The van der Waals surface area contributed by atoms with Gasteiger partial charge in [-0.3, -0.25) is 4.79 Å². The lowest BCUT2D eigenvalue weighted by Gasteiger charge is -2.32. The Morgan fingerprint density at radius 2 is 1.89 bits per heavy atom. The zero-order valence-corrected chi connectivity index (χ0v) is 16.0. The molecule has 0 saturated heterocycles. The van der Waals surface area contributed by atoms with Gasteiger partial charge >= 0.3 is 0 Å². The molecule has 148 valence electrons. The average Bonchev–Trinajstić information content (AvgIpc) is 3.07. The molecule has 0 aromatic heterocycles. The van der Waals surface area contributed by atoms with E-state index < -0.39 is 35.1 Å². The summed E-state index contributed by atoms with van der Waals surface area (Å²) in [6.45, 7) is 5.26. The molecule has 0 radical (unpaired) electrons. The molecule has 0 bridgehead atoms. The molecular formula is C22H23F2NO3. The SMILES string of the molecule is CC(C)(C)C(O)C(=O)N1CC(c2cc(F)ccc2F)=CC1c1cccc(O)c1. The summed E-state index contributed by atoms with van der Waals surface area (Å²) in [6, 6.07) is 8.94. The van der Waals surface area contributed by atoms with E-state index in [0.717, 1.165) is 18.2 Å². The van der Waals surface area contributed by atoms with E-state index in [4.69, 9.17) is 0 Å². The maximum Gasteiger partial charge on any atom is 0.253 e. The molecule has 2 aromatic carbocycles. The van der Waals surface area contributed by atoms with Gasteiger partial charge in [-0.05, 0) is 46.9 Å². The number of amides is 1. The first kappa shape index (κ1) is 20.0. The predicted octanol–water partition coefficient (Wildman–Crippen LogP) is 4.04. The molecule has 2 N–H and O–H groups in total. The average molecular weight is 387 g/mol. The first-order valence-electron chi connectivity index (χ1n) is 9.01. The number of carbonyl (C=O) groups excluding carboxylic acids is 1. The van der Waals surface area contributed by atoms with E-state index in [2.05, 4.69) is 0 Å². The number of halogens is 2. The van der Waals surface area contributed by atoms with Crippen molar-refractivity contribution in [3.05, 3.63) is 71.3 Å². The van der Waals surface area contributed by atoms with E-state index in [-0.39, 0.29) is 17.9 Å². The first-order valence-corrected chi connectivity index (χ1v) is 9.01. The van der Waals surface area contributed by atoms with Crippen LogP contribution in [-0.2, 0) is 4.79 Å². The number of rotatable bonds is 3. The molecule has 1 aliphatic rings. The van der Waals surface area contributed by atoms with Crippen molar-refractivity contribution in [2.24, 2.45) is 5.41 Å². The minimum Gasteiger partial charge on any atom is -0.508 e. The molecule has 0 aliphatic carbocycles. The summed E-state index contributed by atoms with van der Waals surface area (Å²) >= 11 is 0. The van der Waals surface area contributed by atoms with Crippen molar-refractivity contribution >= 4 is 11.5 Å². The highest BCUT2D eigenvalue weighted by Crippen LogP contribution is 2.38. The zero-order valence-electron chi connectivity index (χ0n) is 16.0. The van der Waals surface area contributed by atoms with Crippen molar-refractivity contribution in [3.8, 4) is 5.75 Å². The van der Waals surface area contributed by atoms with Crippen molar-refractivity contribution in [3.63, 3.8) is 0 Å². The lowest BCUT2D eigenvalue weighted by molar-refractivity contribution is -0.146. The first-order chi connectivity index (χ1) is 13.1. The minimum atomic E-state index is -1.27. The van der Waals surface area contributed by atoms with E-state index in [1.54, 1.807) is 39.0 Å². The normalized spacial score (nSPS) is 18.1. The summed E-state index contributed by atoms with van der Waals surface area (Å²) in [5.41, 5.74) is 0.444. The van der Waals surface area contributed by atoms with E-state index in [1.807, 2.05) is 0 Å². The van der Waals surface area contributed by atoms with Crippen LogP contribution in [0.15, 0.2) is 48.5 Å². The van der Waals surface area contributed by atoms with Crippen molar-refractivity contribution < 1.29 is 23.8 Å². The number of aliphatic hydroxyl groups is 1. The van der Waals surface area contributed by atoms with Gasteiger partial charge in [-0.25, -0.2) is 8.78 Å². The summed E-state index contributed by atoms with van der Waals surface area (Å²) in [4.78, 5) is 14.4. The molecule has 1 aliphatic heterocycles. The largest absolute Gasteiger partial charge is 0.508 e. The fourth-order valence-corrected chi connectivity index (χ4v) is 3.26. The fraction of sp³-hybridized carbons (Fsp3) is 0.318. The van der Waals surface area contributed by atoms with Gasteiger partial charge in [0, 0.05) is 12.1 Å². The van der Waals surface area contributed by atoms with Crippen molar-refractivity contribution in [1.29, 1.82) is 0 Å². The van der Waals surface area contributed by atoms with E-state index >= 15 is 0 Å². The second-order valence-electron chi connectivity index (χ2n) is 8.09. The molecule has 3 rings (SSSR count).